The molecule has 2 aromatic carbocycles. The van der Waals surface area contributed by atoms with Gasteiger partial charge in [0.25, 0.3) is 5.91 Å². The summed E-state index contributed by atoms with van der Waals surface area (Å²) in [6.45, 7) is 0. The molecule has 2 aromatic heterocycles. The van der Waals surface area contributed by atoms with E-state index in [1.165, 1.54) is 6.26 Å². The van der Waals surface area contributed by atoms with Crippen molar-refractivity contribution < 1.29 is 9.21 Å². The molecule has 0 unspecified atom stereocenters. The minimum absolute atomic E-state index is 0.276. The molecule has 0 aliphatic rings. The number of halogens is 1. The molecule has 1 N–H and O–H groups in total. The summed E-state index contributed by atoms with van der Waals surface area (Å²) in [6, 6.07) is 17.1. The molecule has 2 heterocycles. The number of amides is 1. The predicted molar refractivity (Wildman–Crippen MR) is 99.4 cm³/mol. The van der Waals surface area contributed by atoms with Crippen molar-refractivity contribution in [3.63, 3.8) is 0 Å². The number of rotatable bonds is 3. The summed E-state index contributed by atoms with van der Waals surface area (Å²) in [5.74, 6) is 0.00462. The molecule has 24 heavy (non-hydrogen) atoms. The van der Waals surface area contributed by atoms with Crippen molar-refractivity contribution in [2.45, 2.75) is 0 Å². The highest BCUT2D eigenvalue weighted by Gasteiger charge is 2.11. The van der Waals surface area contributed by atoms with Crippen molar-refractivity contribution in [2.24, 2.45) is 0 Å². The maximum Gasteiger partial charge on any atom is 0.291 e. The normalized spacial score (nSPS) is 10.9. The van der Waals surface area contributed by atoms with Gasteiger partial charge >= 0.3 is 0 Å². The largest absolute Gasteiger partial charge is 0.459 e. The van der Waals surface area contributed by atoms with E-state index in [4.69, 9.17) is 4.42 Å². The molecule has 6 heteroatoms. The zero-order valence-electron chi connectivity index (χ0n) is 12.3. The van der Waals surface area contributed by atoms with Crippen LogP contribution in [0.2, 0.25) is 0 Å². The first-order chi connectivity index (χ1) is 11.7. The van der Waals surface area contributed by atoms with E-state index in [2.05, 4.69) is 26.2 Å². The molecule has 0 radical (unpaired) electrons. The number of anilines is 1. The monoisotopic (exact) mass is 398 g/mol. The van der Waals surface area contributed by atoms with E-state index < -0.39 is 0 Å². The van der Waals surface area contributed by atoms with E-state index in [0.29, 0.717) is 5.69 Å². The second-order valence-corrected chi connectivity index (χ2v) is 7.09. The Balaban J connectivity index is 1.65. The van der Waals surface area contributed by atoms with Crippen LogP contribution in [0.4, 0.5) is 5.69 Å². The second kappa shape index (κ2) is 6.22. The van der Waals surface area contributed by atoms with Gasteiger partial charge in [-0.1, -0.05) is 28.1 Å². The Labute approximate surface area is 150 Å². The van der Waals surface area contributed by atoms with Crippen molar-refractivity contribution in [3.8, 4) is 10.6 Å². The molecule has 0 atom stereocenters. The zero-order chi connectivity index (χ0) is 16.5. The van der Waals surface area contributed by atoms with Gasteiger partial charge in [-0.05, 0) is 42.5 Å². The number of carbonyl (C=O) groups excluding carboxylic acids is 1. The van der Waals surface area contributed by atoms with Gasteiger partial charge in [0.05, 0.1) is 16.5 Å². The summed E-state index contributed by atoms with van der Waals surface area (Å²) in [6.07, 6.45) is 1.48. The maximum absolute atomic E-state index is 12.0. The Kier molecular flexibility index (Phi) is 3.92. The number of thiazole rings is 1. The van der Waals surface area contributed by atoms with Crippen LogP contribution < -0.4 is 5.32 Å². The van der Waals surface area contributed by atoms with E-state index >= 15 is 0 Å². The molecule has 0 aliphatic heterocycles. The molecule has 0 fully saturated rings. The lowest BCUT2D eigenvalue weighted by Crippen LogP contribution is -2.10. The fourth-order valence-electron chi connectivity index (χ4n) is 2.35. The molecule has 0 aliphatic carbocycles. The lowest BCUT2D eigenvalue weighted by molar-refractivity contribution is 0.0996. The molecule has 0 saturated carbocycles. The number of nitrogens with one attached hydrogen (secondary N) is 1. The summed E-state index contributed by atoms with van der Waals surface area (Å²) in [5, 5.41) is 3.76. The Bertz CT molecular complexity index is 1020. The highest BCUT2D eigenvalue weighted by Crippen LogP contribution is 2.32. The van der Waals surface area contributed by atoms with Gasteiger partial charge in [0.2, 0.25) is 0 Å². The van der Waals surface area contributed by atoms with Gasteiger partial charge in [0.15, 0.2) is 5.76 Å². The Morgan fingerprint density at radius 1 is 1.12 bits per heavy atom. The number of fused-ring (bicyclic) bond motifs is 1. The Morgan fingerprint density at radius 3 is 2.83 bits per heavy atom. The zero-order valence-corrected chi connectivity index (χ0v) is 14.7. The SMILES string of the molecule is O=C(Nc1ccc2sc(-c3cccc(Br)c3)nc2c1)c1ccco1. The fourth-order valence-corrected chi connectivity index (χ4v) is 3.69. The van der Waals surface area contributed by atoms with Crippen LogP contribution in [0.1, 0.15) is 10.6 Å². The quantitative estimate of drug-likeness (QED) is 0.490. The average molecular weight is 399 g/mol. The highest BCUT2D eigenvalue weighted by molar-refractivity contribution is 9.10. The molecule has 0 bridgehead atoms. The molecule has 4 rings (SSSR count). The third kappa shape index (κ3) is 2.98. The van der Waals surface area contributed by atoms with Gasteiger partial charge in [-0.3, -0.25) is 4.79 Å². The fraction of sp³-hybridized carbons (Fsp3) is 0. The van der Waals surface area contributed by atoms with Crippen LogP contribution in [0, 0.1) is 0 Å². The van der Waals surface area contributed by atoms with Crippen LogP contribution in [-0.4, -0.2) is 10.9 Å². The third-order valence-electron chi connectivity index (χ3n) is 3.46. The lowest BCUT2D eigenvalue weighted by Gasteiger charge is -2.02. The van der Waals surface area contributed by atoms with Crippen LogP contribution >= 0.6 is 27.3 Å². The molecule has 1 amide bonds. The minimum Gasteiger partial charge on any atom is -0.459 e. The molecular weight excluding hydrogens is 388 g/mol. The van der Waals surface area contributed by atoms with Crippen LogP contribution in [0.15, 0.2) is 69.8 Å². The number of furan rings is 1. The van der Waals surface area contributed by atoms with Crippen LogP contribution in [0.25, 0.3) is 20.8 Å². The van der Waals surface area contributed by atoms with E-state index in [9.17, 15) is 4.79 Å². The van der Waals surface area contributed by atoms with Gasteiger partial charge < -0.3 is 9.73 Å². The lowest BCUT2D eigenvalue weighted by atomic mass is 10.2. The Morgan fingerprint density at radius 2 is 2.04 bits per heavy atom. The maximum atomic E-state index is 12.0. The number of nitrogens with zero attached hydrogens (tertiary/aromatic N) is 1. The number of hydrogen-bond donors (Lipinski definition) is 1. The average Bonchev–Trinajstić information content (AvgIpc) is 3.24. The van der Waals surface area contributed by atoms with E-state index in [1.807, 2.05) is 42.5 Å². The van der Waals surface area contributed by atoms with Gasteiger partial charge in [0.1, 0.15) is 5.01 Å². The molecule has 118 valence electrons. The molecule has 4 aromatic rings. The van der Waals surface area contributed by atoms with Crippen LogP contribution in [0.3, 0.4) is 0 Å². The van der Waals surface area contributed by atoms with Gasteiger partial charge in [-0.2, -0.15) is 0 Å². The summed E-state index contributed by atoms with van der Waals surface area (Å²) in [5.41, 5.74) is 2.61. The van der Waals surface area contributed by atoms with E-state index in [0.717, 1.165) is 25.3 Å². The predicted octanol–water partition coefficient (Wildman–Crippen LogP) is 5.57. The van der Waals surface area contributed by atoms with Crippen LogP contribution in [0.5, 0.6) is 0 Å². The number of hydrogen-bond acceptors (Lipinski definition) is 4. The summed E-state index contributed by atoms with van der Waals surface area (Å²) < 4.78 is 7.19. The number of carbonyl (C=O) groups is 1. The third-order valence-corrected chi connectivity index (χ3v) is 5.04. The van der Waals surface area contributed by atoms with Crippen molar-refractivity contribution in [2.75, 3.05) is 5.32 Å². The van der Waals surface area contributed by atoms with Crippen molar-refractivity contribution >= 4 is 49.1 Å². The number of benzene rings is 2. The van der Waals surface area contributed by atoms with E-state index in [-0.39, 0.29) is 11.7 Å². The second-order valence-electron chi connectivity index (χ2n) is 5.14. The molecule has 0 saturated heterocycles. The van der Waals surface area contributed by atoms with Crippen molar-refractivity contribution in [1.82, 2.24) is 4.98 Å². The first-order valence-electron chi connectivity index (χ1n) is 7.20. The topological polar surface area (TPSA) is 55.1 Å². The first-order valence-corrected chi connectivity index (χ1v) is 8.81. The van der Waals surface area contributed by atoms with Gasteiger partial charge in [-0.25, -0.2) is 4.98 Å². The van der Waals surface area contributed by atoms with Crippen molar-refractivity contribution in [3.05, 3.63) is 71.1 Å². The Hall–Kier alpha value is -2.44. The minimum atomic E-state index is -0.276. The highest BCUT2D eigenvalue weighted by atomic mass is 79.9. The van der Waals surface area contributed by atoms with Gasteiger partial charge in [-0.15, -0.1) is 11.3 Å². The van der Waals surface area contributed by atoms with Gasteiger partial charge in [0, 0.05) is 15.7 Å². The smallest absolute Gasteiger partial charge is 0.291 e. The van der Waals surface area contributed by atoms with Crippen LogP contribution in [-0.2, 0) is 0 Å². The molecule has 0 spiro atoms. The van der Waals surface area contributed by atoms with Crippen molar-refractivity contribution in [1.29, 1.82) is 0 Å². The summed E-state index contributed by atoms with van der Waals surface area (Å²) >= 11 is 5.10. The number of aromatic nitrogens is 1. The standard InChI is InChI=1S/C18H11BrN2O2S/c19-12-4-1-3-11(9-12)18-21-14-10-13(6-7-16(14)24-18)20-17(22)15-5-2-8-23-15/h1-10H,(H,20,22). The summed E-state index contributed by atoms with van der Waals surface area (Å²) in [4.78, 5) is 16.7. The molecular formula is C18H11BrN2O2S. The van der Waals surface area contributed by atoms with E-state index in [1.54, 1.807) is 23.5 Å². The summed E-state index contributed by atoms with van der Waals surface area (Å²) in [7, 11) is 0. The molecule has 4 nitrogen and oxygen atoms in total. The first kappa shape index (κ1) is 15.1.